The standard InChI is InChI=1S/C11H20O2/c1-9-2-4-10(5-3-9)13-11-6-7-12-8-11/h9-11H,2-8H2,1H3/t9-,10-,11?. The van der Waals surface area contributed by atoms with Crippen molar-refractivity contribution in [2.24, 2.45) is 5.92 Å². The molecule has 13 heavy (non-hydrogen) atoms. The van der Waals surface area contributed by atoms with E-state index in [0.717, 1.165) is 25.6 Å². The Hall–Kier alpha value is -0.0800. The molecule has 1 aliphatic carbocycles. The Kier molecular flexibility index (Phi) is 3.23. The first-order chi connectivity index (χ1) is 6.34. The Labute approximate surface area is 80.6 Å². The Bertz CT molecular complexity index is 144. The monoisotopic (exact) mass is 184 g/mol. The van der Waals surface area contributed by atoms with Crippen molar-refractivity contribution < 1.29 is 9.47 Å². The molecule has 0 spiro atoms. The van der Waals surface area contributed by atoms with Gasteiger partial charge in [0, 0.05) is 6.61 Å². The van der Waals surface area contributed by atoms with Crippen LogP contribution in [0.5, 0.6) is 0 Å². The van der Waals surface area contributed by atoms with Crippen LogP contribution in [0.1, 0.15) is 39.0 Å². The Morgan fingerprint density at radius 3 is 2.38 bits per heavy atom. The molecule has 0 bridgehead atoms. The van der Waals surface area contributed by atoms with Crippen molar-refractivity contribution in [3.63, 3.8) is 0 Å². The number of hydrogen-bond donors (Lipinski definition) is 0. The third-order valence-corrected chi connectivity index (χ3v) is 3.24. The fraction of sp³-hybridized carbons (Fsp3) is 1.00. The molecule has 2 nitrogen and oxygen atoms in total. The minimum absolute atomic E-state index is 0.401. The topological polar surface area (TPSA) is 18.5 Å². The van der Waals surface area contributed by atoms with E-state index in [2.05, 4.69) is 6.92 Å². The van der Waals surface area contributed by atoms with Crippen LogP contribution >= 0.6 is 0 Å². The highest BCUT2D eigenvalue weighted by molar-refractivity contribution is 4.73. The maximum absolute atomic E-state index is 5.98. The molecule has 0 aromatic rings. The molecular formula is C11H20O2. The first-order valence-electron chi connectivity index (χ1n) is 5.58. The minimum atomic E-state index is 0.401. The molecule has 1 saturated heterocycles. The van der Waals surface area contributed by atoms with Crippen LogP contribution in [-0.2, 0) is 9.47 Å². The third-order valence-electron chi connectivity index (χ3n) is 3.24. The number of hydrogen-bond acceptors (Lipinski definition) is 2. The van der Waals surface area contributed by atoms with Gasteiger partial charge in [0.15, 0.2) is 0 Å². The molecule has 0 amide bonds. The van der Waals surface area contributed by atoms with Crippen molar-refractivity contribution in [3.05, 3.63) is 0 Å². The van der Waals surface area contributed by atoms with E-state index in [1.807, 2.05) is 0 Å². The van der Waals surface area contributed by atoms with E-state index in [9.17, 15) is 0 Å². The van der Waals surface area contributed by atoms with Gasteiger partial charge >= 0.3 is 0 Å². The van der Waals surface area contributed by atoms with Gasteiger partial charge in [0.05, 0.1) is 18.8 Å². The molecule has 1 aliphatic heterocycles. The molecule has 0 aromatic carbocycles. The van der Waals surface area contributed by atoms with E-state index in [1.165, 1.54) is 25.7 Å². The lowest BCUT2D eigenvalue weighted by Gasteiger charge is -2.28. The van der Waals surface area contributed by atoms with Gasteiger partial charge in [-0.15, -0.1) is 0 Å². The van der Waals surface area contributed by atoms with Crippen molar-refractivity contribution in [1.29, 1.82) is 0 Å². The van der Waals surface area contributed by atoms with Gasteiger partial charge in [0.25, 0.3) is 0 Å². The van der Waals surface area contributed by atoms with Gasteiger partial charge in [-0.2, -0.15) is 0 Å². The summed E-state index contributed by atoms with van der Waals surface area (Å²) in [6.45, 7) is 4.06. The van der Waals surface area contributed by atoms with Crippen molar-refractivity contribution in [3.8, 4) is 0 Å². The molecule has 76 valence electrons. The second-order valence-corrected chi connectivity index (χ2v) is 4.50. The maximum atomic E-state index is 5.98. The predicted octanol–water partition coefficient (Wildman–Crippen LogP) is 2.37. The van der Waals surface area contributed by atoms with E-state index in [1.54, 1.807) is 0 Å². The Balaban J connectivity index is 1.69. The van der Waals surface area contributed by atoms with E-state index < -0.39 is 0 Å². The highest BCUT2D eigenvalue weighted by atomic mass is 16.5. The molecular weight excluding hydrogens is 164 g/mol. The van der Waals surface area contributed by atoms with Crippen LogP contribution in [0.2, 0.25) is 0 Å². The van der Waals surface area contributed by atoms with Crippen LogP contribution in [0.15, 0.2) is 0 Å². The van der Waals surface area contributed by atoms with Gasteiger partial charge in [-0.25, -0.2) is 0 Å². The van der Waals surface area contributed by atoms with Gasteiger partial charge in [-0.1, -0.05) is 6.92 Å². The van der Waals surface area contributed by atoms with Gasteiger partial charge in [-0.3, -0.25) is 0 Å². The smallest absolute Gasteiger partial charge is 0.0834 e. The molecule has 1 heterocycles. The Morgan fingerprint density at radius 2 is 1.77 bits per heavy atom. The SMILES string of the molecule is C[C@H]1CC[C@H](OC2CCOC2)CC1. The molecule has 0 radical (unpaired) electrons. The Morgan fingerprint density at radius 1 is 1.00 bits per heavy atom. The van der Waals surface area contributed by atoms with E-state index in [0.29, 0.717) is 12.2 Å². The summed E-state index contributed by atoms with van der Waals surface area (Å²) < 4.78 is 11.3. The second kappa shape index (κ2) is 4.43. The zero-order valence-corrected chi connectivity index (χ0v) is 8.50. The summed E-state index contributed by atoms with van der Waals surface area (Å²) in [7, 11) is 0. The molecule has 1 atom stereocenters. The summed E-state index contributed by atoms with van der Waals surface area (Å²) in [4.78, 5) is 0. The van der Waals surface area contributed by atoms with Crippen LogP contribution in [0.3, 0.4) is 0 Å². The van der Waals surface area contributed by atoms with Crippen molar-refractivity contribution in [2.75, 3.05) is 13.2 Å². The van der Waals surface area contributed by atoms with Crippen LogP contribution in [0.4, 0.5) is 0 Å². The number of rotatable bonds is 2. The highest BCUT2D eigenvalue weighted by Gasteiger charge is 2.24. The fourth-order valence-corrected chi connectivity index (χ4v) is 2.26. The molecule has 2 rings (SSSR count). The van der Waals surface area contributed by atoms with Crippen molar-refractivity contribution >= 4 is 0 Å². The zero-order valence-electron chi connectivity index (χ0n) is 8.50. The van der Waals surface area contributed by atoms with Crippen LogP contribution in [0, 0.1) is 5.92 Å². The molecule has 1 saturated carbocycles. The summed E-state index contributed by atoms with van der Waals surface area (Å²) in [5.41, 5.74) is 0. The summed E-state index contributed by atoms with van der Waals surface area (Å²) in [6, 6.07) is 0. The zero-order chi connectivity index (χ0) is 9.10. The normalized spacial score (nSPS) is 40.8. The quantitative estimate of drug-likeness (QED) is 0.656. The molecule has 0 N–H and O–H groups in total. The van der Waals surface area contributed by atoms with Crippen LogP contribution < -0.4 is 0 Å². The third kappa shape index (κ3) is 2.68. The molecule has 2 aliphatic rings. The minimum Gasteiger partial charge on any atom is -0.379 e. The van der Waals surface area contributed by atoms with Gasteiger partial charge in [0.2, 0.25) is 0 Å². The molecule has 2 heteroatoms. The van der Waals surface area contributed by atoms with Gasteiger partial charge in [-0.05, 0) is 38.0 Å². The van der Waals surface area contributed by atoms with Crippen molar-refractivity contribution in [2.45, 2.75) is 51.2 Å². The van der Waals surface area contributed by atoms with Crippen LogP contribution in [0.25, 0.3) is 0 Å². The van der Waals surface area contributed by atoms with E-state index in [-0.39, 0.29) is 0 Å². The summed E-state index contributed by atoms with van der Waals surface area (Å²) >= 11 is 0. The average Bonchev–Trinajstić information content (AvgIpc) is 2.62. The van der Waals surface area contributed by atoms with Crippen molar-refractivity contribution in [1.82, 2.24) is 0 Å². The lowest BCUT2D eigenvalue weighted by molar-refractivity contribution is -0.0372. The number of ether oxygens (including phenoxy) is 2. The van der Waals surface area contributed by atoms with Gasteiger partial charge < -0.3 is 9.47 Å². The lowest BCUT2D eigenvalue weighted by Crippen LogP contribution is -2.26. The maximum Gasteiger partial charge on any atom is 0.0834 e. The average molecular weight is 184 g/mol. The largest absolute Gasteiger partial charge is 0.379 e. The summed E-state index contributed by atoms with van der Waals surface area (Å²) in [6.07, 6.45) is 7.25. The van der Waals surface area contributed by atoms with E-state index in [4.69, 9.17) is 9.47 Å². The fourth-order valence-electron chi connectivity index (χ4n) is 2.26. The van der Waals surface area contributed by atoms with Gasteiger partial charge in [0.1, 0.15) is 0 Å². The first-order valence-corrected chi connectivity index (χ1v) is 5.58. The first kappa shape index (κ1) is 9.47. The lowest BCUT2D eigenvalue weighted by atomic mass is 9.89. The molecule has 2 fully saturated rings. The summed E-state index contributed by atoms with van der Waals surface area (Å²) in [5.74, 6) is 0.916. The molecule has 0 aromatic heterocycles. The highest BCUT2D eigenvalue weighted by Crippen LogP contribution is 2.27. The molecule has 1 unspecified atom stereocenters. The second-order valence-electron chi connectivity index (χ2n) is 4.50. The van der Waals surface area contributed by atoms with Crippen LogP contribution in [-0.4, -0.2) is 25.4 Å². The summed E-state index contributed by atoms with van der Waals surface area (Å²) in [5, 5.41) is 0. The van der Waals surface area contributed by atoms with E-state index >= 15 is 0 Å². The predicted molar refractivity (Wildman–Crippen MR) is 51.7 cm³/mol.